The van der Waals surface area contributed by atoms with Crippen molar-refractivity contribution in [1.82, 2.24) is 14.5 Å². The molecule has 0 aliphatic heterocycles. The molecule has 0 N–H and O–H groups in total. The Morgan fingerprint density at radius 2 is 1.71 bits per heavy atom. The van der Waals surface area contributed by atoms with Crippen molar-refractivity contribution >= 4 is 22.8 Å². The third-order valence-electron chi connectivity index (χ3n) is 4.32. The maximum atomic E-state index is 12.9. The molecule has 0 aliphatic rings. The Kier molecular flexibility index (Phi) is 5.09. The lowest BCUT2D eigenvalue weighted by Crippen LogP contribution is -2.05. The summed E-state index contributed by atoms with van der Waals surface area (Å²) in [5, 5.41) is 0.754. The Hall–Kier alpha value is -2.80. The highest BCUT2D eigenvalue weighted by molar-refractivity contribution is 7.98. The van der Waals surface area contributed by atoms with Gasteiger partial charge in [0.2, 0.25) is 0 Å². The smallest absolute Gasteiger partial charge is 0.313 e. The van der Waals surface area contributed by atoms with Gasteiger partial charge in [-0.15, -0.1) is 0 Å². The lowest BCUT2D eigenvalue weighted by molar-refractivity contribution is -0.137. The topological polar surface area (TPSA) is 30.7 Å². The van der Waals surface area contributed by atoms with Crippen LogP contribution in [0.3, 0.4) is 0 Å². The number of thioether (sulfide) groups is 1. The van der Waals surface area contributed by atoms with E-state index in [4.69, 9.17) is 0 Å². The van der Waals surface area contributed by atoms with Crippen LogP contribution in [-0.2, 0) is 18.5 Å². The van der Waals surface area contributed by atoms with Crippen LogP contribution in [0.2, 0.25) is 0 Å². The van der Waals surface area contributed by atoms with Crippen molar-refractivity contribution < 1.29 is 13.2 Å². The van der Waals surface area contributed by atoms with Gasteiger partial charge in [-0.2, -0.15) is 13.2 Å². The lowest BCUT2D eigenvalue weighted by Gasteiger charge is -2.10. The van der Waals surface area contributed by atoms with Gasteiger partial charge in [-0.1, -0.05) is 60.3 Å². The summed E-state index contributed by atoms with van der Waals surface area (Å²) in [6.07, 6.45) is -0.893. The van der Waals surface area contributed by atoms with E-state index in [0.717, 1.165) is 27.8 Å². The number of halogens is 3. The molecule has 0 amide bonds. The van der Waals surface area contributed by atoms with Crippen LogP contribution in [0.1, 0.15) is 16.7 Å². The van der Waals surface area contributed by atoms with Crippen molar-refractivity contribution in [3.05, 3.63) is 89.7 Å². The number of nitrogens with zero attached hydrogens (tertiary/aromatic N) is 3. The first-order chi connectivity index (χ1) is 13.5. The minimum Gasteiger partial charge on any atom is -0.313 e. The van der Waals surface area contributed by atoms with Gasteiger partial charge in [-0.3, -0.25) is 4.98 Å². The highest BCUT2D eigenvalue weighted by Gasteiger charge is 2.30. The predicted molar refractivity (Wildman–Crippen MR) is 104 cm³/mol. The molecule has 7 heteroatoms. The Bertz CT molecular complexity index is 1090. The highest BCUT2D eigenvalue weighted by atomic mass is 32.2. The lowest BCUT2D eigenvalue weighted by atomic mass is 10.1. The number of benzene rings is 2. The van der Waals surface area contributed by atoms with Crippen LogP contribution in [0.4, 0.5) is 13.2 Å². The van der Waals surface area contributed by atoms with Crippen LogP contribution < -0.4 is 0 Å². The molecule has 2 aromatic carbocycles. The van der Waals surface area contributed by atoms with Gasteiger partial charge < -0.3 is 4.57 Å². The van der Waals surface area contributed by atoms with Gasteiger partial charge in [0.15, 0.2) is 5.16 Å². The van der Waals surface area contributed by atoms with Gasteiger partial charge in [0.1, 0.15) is 0 Å². The van der Waals surface area contributed by atoms with E-state index >= 15 is 0 Å². The number of aromatic nitrogens is 3. The molecule has 3 nitrogen and oxygen atoms in total. The fourth-order valence-corrected chi connectivity index (χ4v) is 3.92. The van der Waals surface area contributed by atoms with E-state index in [-0.39, 0.29) is 0 Å². The van der Waals surface area contributed by atoms with Crippen molar-refractivity contribution in [1.29, 1.82) is 0 Å². The molecule has 28 heavy (non-hydrogen) atoms. The van der Waals surface area contributed by atoms with Crippen LogP contribution in [0, 0.1) is 0 Å². The number of alkyl halides is 3. The molecule has 0 unspecified atom stereocenters. The molecule has 0 fully saturated rings. The minimum atomic E-state index is -4.34. The Morgan fingerprint density at radius 3 is 2.50 bits per heavy atom. The minimum absolute atomic E-state index is 0.398. The molecular formula is C21H16F3N3S. The number of fused-ring (bicyclic) bond motifs is 1. The number of hydrogen-bond donors (Lipinski definition) is 0. The van der Waals surface area contributed by atoms with E-state index in [0.29, 0.717) is 17.9 Å². The maximum absolute atomic E-state index is 12.9. The van der Waals surface area contributed by atoms with Gasteiger partial charge in [0.05, 0.1) is 29.3 Å². The maximum Gasteiger partial charge on any atom is 0.416 e. The van der Waals surface area contributed by atoms with E-state index < -0.39 is 11.7 Å². The molecule has 4 rings (SSSR count). The van der Waals surface area contributed by atoms with Crippen LogP contribution >= 0.6 is 11.8 Å². The third kappa shape index (κ3) is 4.04. The molecule has 0 aliphatic carbocycles. The van der Waals surface area contributed by atoms with Gasteiger partial charge in [-0.05, 0) is 23.3 Å². The number of pyridine rings is 1. The summed E-state index contributed by atoms with van der Waals surface area (Å²) in [5.74, 6) is 0.398. The van der Waals surface area contributed by atoms with Crippen molar-refractivity contribution in [3.63, 3.8) is 0 Å². The monoisotopic (exact) mass is 399 g/mol. The summed E-state index contributed by atoms with van der Waals surface area (Å²) in [7, 11) is 0. The second-order valence-corrected chi connectivity index (χ2v) is 7.26. The molecular weight excluding hydrogens is 383 g/mol. The third-order valence-corrected chi connectivity index (χ3v) is 5.37. The highest BCUT2D eigenvalue weighted by Crippen LogP contribution is 2.32. The molecule has 2 heterocycles. The average molecular weight is 399 g/mol. The molecule has 0 radical (unpaired) electrons. The molecule has 0 saturated heterocycles. The van der Waals surface area contributed by atoms with E-state index in [1.807, 2.05) is 36.4 Å². The fraction of sp³-hybridized carbons (Fsp3) is 0.143. The molecule has 0 atom stereocenters. The molecule has 0 spiro atoms. The zero-order chi connectivity index (χ0) is 19.6. The number of hydrogen-bond acceptors (Lipinski definition) is 3. The van der Waals surface area contributed by atoms with Gasteiger partial charge in [0, 0.05) is 11.9 Å². The fourth-order valence-electron chi connectivity index (χ4n) is 2.96. The molecule has 142 valence electrons. The zero-order valence-electron chi connectivity index (χ0n) is 14.7. The number of imidazole rings is 1. The molecule has 0 bridgehead atoms. The first-order valence-corrected chi connectivity index (χ1v) is 9.62. The summed E-state index contributed by atoms with van der Waals surface area (Å²) in [4.78, 5) is 8.85. The van der Waals surface area contributed by atoms with Crippen molar-refractivity contribution in [2.24, 2.45) is 0 Å². The summed E-state index contributed by atoms with van der Waals surface area (Å²) >= 11 is 1.42. The largest absolute Gasteiger partial charge is 0.416 e. The molecule has 4 aromatic rings. The molecule has 2 aromatic heterocycles. The Morgan fingerprint density at radius 1 is 0.929 bits per heavy atom. The summed E-state index contributed by atoms with van der Waals surface area (Å²) in [5.41, 5.74) is 2.81. The Labute approximate surface area is 164 Å². The first kappa shape index (κ1) is 18.6. The summed E-state index contributed by atoms with van der Waals surface area (Å²) in [6.45, 7) is 0.619. The first-order valence-electron chi connectivity index (χ1n) is 8.64. The van der Waals surface area contributed by atoms with Gasteiger partial charge >= 0.3 is 6.18 Å². The van der Waals surface area contributed by atoms with Crippen LogP contribution in [0.15, 0.2) is 78.2 Å². The average Bonchev–Trinajstić information content (AvgIpc) is 3.04. The van der Waals surface area contributed by atoms with Crippen LogP contribution in [0.25, 0.3) is 11.0 Å². The van der Waals surface area contributed by atoms with Gasteiger partial charge in [-0.25, -0.2) is 4.98 Å². The predicted octanol–water partition coefficient (Wildman–Crippen LogP) is 5.79. The summed E-state index contributed by atoms with van der Waals surface area (Å²) in [6, 6.07) is 17.2. The standard InChI is InChI=1S/C21H16F3N3S/c22-21(23,24)17-8-4-7-16(11-17)14-28-20-26-18-9-10-25-12-19(18)27(20)13-15-5-2-1-3-6-15/h1-12H,13-14H2. The van der Waals surface area contributed by atoms with Crippen LogP contribution in [0.5, 0.6) is 0 Å². The van der Waals surface area contributed by atoms with E-state index in [9.17, 15) is 13.2 Å². The van der Waals surface area contributed by atoms with E-state index in [1.54, 1.807) is 18.5 Å². The number of rotatable bonds is 5. The molecule has 0 saturated carbocycles. The second kappa shape index (κ2) is 7.67. The Balaban J connectivity index is 1.63. The SMILES string of the molecule is FC(F)(F)c1cccc(CSc2nc3ccncc3n2Cc2ccccc2)c1. The van der Waals surface area contributed by atoms with Gasteiger partial charge in [0.25, 0.3) is 0 Å². The van der Waals surface area contributed by atoms with Crippen molar-refractivity contribution in [2.45, 2.75) is 23.6 Å². The zero-order valence-corrected chi connectivity index (χ0v) is 15.5. The summed E-state index contributed by atoms with van der Waals surface area (Å²) < 4.78 is 40.9. The van der Waals surface area contributed by atoms with E-state index in [1.165, 1.54) is 23.9 Å². The van der Waals surface area contributed by atoms with Crippen molar-refractivity contribution in [3.8, 4) is 0 Å². The second-order valence-electron chi connectivity index (χ2n) is 6.32. The van der Waals surface area contributed by atoms with Crippen molar-refractivity contribution in [2.75, 3.05) is 0 Å². The normalized spacial score (nSPS) is 11.8. The quantitative estimate of drug-likeness (QED) is 0.398. The van der Waals surface area contributed by atoms with Crippen LogP contribution in [-0.4, -0.2) is 14.5 Å². The van der Waals surface area contributed by atoms with E-state index in [2.05, 4.69) is 14.5 Å².